The molecule has 0 fully saturated rings. The van der Waals surface area contributed by atoms with Crippen molar-refractivity contribution in [3.8, 4) is 0 Å². The van der Waals surface area contributed by atoms with Gasteiger partial charge in [0.15, 0.2) is 0 Å². The summed E-state index contributed by atoms with van der Waals surface area (Å²) in [6.45, 7) is 6.18. The maximum Gasteiger partial charge on any atom is 0.272 e. The van der Waals surface area contributed by atoms with Crippen molar-refractivity contribution in [2.75, 3.05) is 5.32 Å². The maximum atomic E-state index is 10.9. The van der Waals surface area contributed by atoms with Crippen LogP contribution in [-0.4, -0.2) is 4.92 Å². The van der Waals surface area contributed by atoms with E-state index in [1.54, 1.807) is 13.0 Å². The molecule has 0 aliphatic heterocycles. The Kier molecular flexibility index (Phi) is 4.48. The van der Waals surface area contributed by atoms with Crippen molar-refractivity contribution in [2.45, 2.75) is 27.3 Å². The third kappa shape index (κ3) is 3.52. The zero-order valence-corrected chi connectivity index (χ0v) is 13.0. The third-order valence-corrected chi connectivity index (χ3v) is 3.87. The first kappa shape index (κ1) is 15.3. The highest BCUT2D eigenvalue weighted by Crippen LogP contribution is 2.26. The SMILES string of the molecule is Cc1ccc(CNc2cc(C)c([N+](=O)[O-])cc2C)cc1Cl. The maximum absolute atomic E-state index is 10.9. The molecule has 0 aromatic heterocycles. The van der Waals surface area contributed by atoms with Crippen molar-refractivity contribution < 1.29 is 4.92 Å². The molecule has 0 amide bonds. The predicted octanol–water partition coefficient (Wildman–Crippen LogP) is 4.79. The van der Waals surface area contributed by atoms with Crippen LogP contribution in [0, 0.1) is 30.9 Å². The molecule has 21 heavy (non-hydrogen) atoms. The van der Waals surface area contributed by atoms with Gasteiger partial charge >= 0.3 is 0 Å². The van der Waals surface area contributed by atoms with Crippen LogP contribution in [0.25, 0.3) is 0 Å². The smallest absolute Gasteiger partial charge is 0.272 e. The van der Waals surface area contributed by atoms with Crippen molar-refractivity contribution in [1.82, 2.24) is 0 Å². The van der Waals surface area contributed by atoms with Crippen LogP contribution >= 0.6 is 11.6 Å². The first-order chi connectivity index (χ1) is 9.88. The lowest BCUT2D eigenvalue weighted by Crippen LogP contribution is -2.03. The Morgan fingerprint density at radius 2 is 1.81 bits per heavy atom. The van der Waals surface area contributed by atoms with Gasteiger partial charge in [0.05, 0.1) is 4.92 Å². The molecule has 110 valence electrons. The fourth-order valence-corrected chi connectivity index (χ4v) is 2.33. The first-order valence-corrected chi connectivity index (χ1v) is 7.01. The van der Waals surface area contributed by atoms with E-state index in [0.717, 1.165) is 27.4 Å². The summed E-state index contributed by atoms with van der Waals surface area (Å²) in [7, 11) is 0. The van der Waals surface area contributed by atoms with Gasteiger partial charge in [0, 0.05) is 28.9 Å². The number of nitrogens with zero attached hydrogens (tertiary/aromatic N) is 1. The van der Waals surface area contributed by atoms with Crippen LogP contribution < -0.4 is 5.32 Å². The minimum atomic E-state index is -0.355. The number of anilines is 1. The Balaban J connectivity index is 2.18. The van der Waals surface area contributed by atoms with E-state index < -0.39 is 0 Å². The average Bonchev–Trinajstić information content (AvgIpc) is 2.42. The fraction of sp³-hybridized carbons (Fsp3) is 0.250. The molecule has 5 heteroatoms. The van der Waals surface area contributed by atoms with Crippen molar-refractivity contribution >= 4 is 23.0 Å². The van der Waals surface area contributed by atoms with Crippen LogP contribution in [0.4, 0.5) is 11.4 Å². The quantitative estimate of drug-likeness (QED) is 0.653. The topological polar surface area (TPSA) is 55.2 Å². The molecule has 0 heterocycles. The molecule has 0 unspecified atom stereocenters. The molecule has 0 aliphatic rings. The number of hydrogen-bond acceptors (Lipinski definition) is 3. The van der Waals surface area contributed by atoms with Crippen LogP contribution in [0.3, 0.4) is 0 Å². The lowest BCUT2D eigenvalue weighted by molar-refractivity contribution is -0.385. The van der Waals surface area contributed by atoms with Gasteiger partial charge in [-0.15, -0.1) is 0 Å². The number of benzene rings is 2. The summed E-state index contributed by atoms with van der Waals surface area (Å²) in [6.07, 6.45) is 0. The summed E-state index contributed by atoms with van der Waals surface area (Å²) in [5.41, 5.74) is 4.66. The largest absolute Gasteiger partial charge is 0.381 e. The molecule has 0 radical (unpaired) electrons. The number of rotatable bonds is 4. The minimum absolute atomic E-state index is 0.149. The number of nitrogens with one attached hydrogen (secondary N) is 1. The third-order valence-electron chi connectivity index (χ3n) is 3.46. The monoisotopic (exact) mass is 304 g/mol. The van der Waals surface area contributed by atoms with E-state index in [9.17, 15) is 10.1 Å². The van der Waals surface area contributed by atoms with Gasteiger partial charge < -0.3 is 5.32 Å². The summed E-state index contributed by atoms with van der Waals surface area (Å²) >= 11 is 6.10. The predicted molar refractivity (Wildman–Crippen MR) is 86.1 cm³/mol. The lowest BCUT2D eigenvalue weighted by atomic mass is 10.1. The van der Waals surface area contributed by atoms with Crippen molar-refractivity contribution in [3.05, 3.63) is 67.7 Å². The lowest BCUT2D eigenvalue weighted by Gasteiger charge is -2.11. The van der Waals surface area contributed by atoms with E-state index in [0.29, 0.717) is 12.1 Å². The highest BCUT2D eigenvalue weighted by molar-refractivity contribution is 6.31. The van der Waals surface area contributed by atoms with Crippen molar-refractivity contribution in [2.24, 2.45) is 0 Å². The van der Waals surface area contributed by atoms with Crippen LogP contribution in [0.5, 0.6) is 0 Å². The first-order valence-electron chi connectivity index (χ1n) is 6.63. The summed E-state index contributed by atoms with van der Waals surface area (Å²) in [5, 5.41) is 14.9. The molecule has 1 N–H and O–H groups in total. The molecular formula is C16H17ClN2O2. The molecule has 0 saturated carbocycles. The van der Waals surface area contributed by atoms with Crippen molar-refractivity contribution in [3.63, 3.8) is 0 Å². The van der Waals surface area contributed by atoms with Crippen LogP contribution in [0.15, 0.2) is 30.3 Å². The zero-order chi connectivity index (χ0) is 15.6. The summed E-state index contributed by atoms with van der Waals surface area (Å²) in [6, 6.07) is 9.33. The van der Waals surface area contributed by atoms with E-state index in [4.69, 9.17) is 11.6 Å². The molecule has 0 saturated heterocycles. The van der Waals surface area contributed by atoms with E-state index in [2.05, 4.69) is 5.32 Å². The van der Waals surface area contributed by atoms with Gasteiger partial charge in [-0.1, -0.05) is 23.7 Å². The summed E-state index contributed by atoms with van der Waals surface area (Å²) in [4.78, 5) is 10.5. The second-order valence-electron chi connectivity index (χ2n) is 5.15. The number of halogens is 1. The van der Waals surface area contributed by atoms with E-state index in [1.807, 2.05) is 38.1 Å². The normalized spacial score (nSPS) is 10.5. The number of nitro benzene ring substituents is 1. The molecular weight excluding hydrogens is 288 g/mol. The molecule has 0 atom stereocenters. The highest BCUT2D eigenvalue weighted by atomic mass is 35.5. The standard InChI is InChI=1S/C16H17ClN2O2/c1-10-4-5-13(8-14(10)17)9-18-15-6-12(3)16(19(20)21)7-11(15)2/h4-8,18H,9H2,1-3H3. The van der Waals surface area contributed by atoms with Gasteiger partial charge in [-0.2, -0.15) is 0 Å². The second-order valence-corrected chi connectivity index (χ2v) is 5.56. The van der Waals surface area contributed by atoms with Crippen LogP contribution in [0.2, 0.25) is 5.02 Å². The van der Waals surface area contributed by atoms with Gasteiger partial charge in [0.2, 0.25) is 0 Å². The van der Waals surface area contributed by atoms with E-state index in [-0.39, 0.29) is 10.6 Å². The molecule has 0 aliphatic carbocycles. The number of aryl methyl sites for hydroxylation is 3. The zero-order valence-electron chi connectivity index (χ0n) is 12.2. The van der Waals surface area contributed by atoms with Crippen molar-refractivity contribution in [1.29, 1.82) is 0 Å². The van der Waals surface area contributed by atoms with Crippen LogP contribution in [0.1, 0.15) is 22.3 Å². The van der Waals surface area contributed by atoms with Gasteiger partial charge in [-0.3, -0.25) is 10.1 Å². The Hall–Kier alpha value is -2.07. The van der Waals surface area contributed by atoms with Crippen LogP contribution in [-0.2, 0) is 6.54 Å². The molecule has 0 bridgehead atoms. The highest BCUT2D eigenvalue weighted by Gasteiger charge is 2.13. The minimum Gasteiger partial charge on any atom is -0.381 e. The Bertz CT molecular complexity index is 699. The molecule has 2 aromatic rings. The molecule has 4 nitrogen and oxygen atoms in total. The van der Waals surface area contributed by atoms with Gasteiger partial charge in [0.25, 0.3) is 5.69 Å². The molecule has 2 aromatic carbocycles. The van der Waals surface area contributed by atoms with Gasteiger partial charge in [-0.25, -0.2) is 0 Å². The van der Waals surface area contributed by atoms with Gasteiger partial charge in [0.1, 0.15) is 0 Å². The Morgan fingerprint density at radius 1 is 1.10 bits per heavy atom. The summed E-state index contributed by atoms with van der Waals surface area (Å²) < 4.78 is 0. The average molecular weight is 305 g/mol. The number of hydrogen-bond donors (Lipinski definition) is 1. The second kappa shape index (κ2) is 6.14. The fourth-order valence-electron chi connectivity index (χ4n) is 2.13. The Labute approximate surface area is 128 Å². The molecule has 2 rings (SSSR count). The summed E-state index contributed by atoms with van der Waals surface area (Å²) in [5.74, 6) is 0. The van der Waals surface area contributed by atoms with E-state index >= 15 is 0 Å². The Morgan fingerprint density at radius 3 is 2.43 bits per heavy atom. The molecule has 0 spiro atoms. The number of nitro groups is 1. The van der Waals surface area contributed by atoms with Gasteiger partial charge in [-0.05, 0) is 49.6 Å². The van der Waals surface area contributed by atoms with E-state index in [1.165, 1.54) is 0 Å².